The summed E-state index contributed by atoms with van der Waals surface area (Å²) in [5, 5.41) is 0.442. The van der Waals surface area contributed by atoms with E-state index >= 15 is 0 Å². The van der Waals surface area contributed by atoms with Crippen molar-refractivity contribution in [1.29, 1.82) is 0 Å². The highest BCUT2D eigenvalue weighted by Gasteiger charge is 2.34. The van der Waals surface area contributed by atoms with Crippen molar-refractivity contribution < 1.29 is 14.3 Å². The number of hydrogen-bond acceptors (Lipinski definition) is 6. The Bertz CT molecular complexity index is 1790. The number of benzene rings is 3. The van der Waals surface area contributed by atoms with Gasteiger partial charge in [-0.2, -0.15) is 0 Å². The van der Waals surface area contributed by atoms with E-state index in [1.807, 2.05) is 54.6 Å². The van der Waals surface area contributed by atoms with Crippen molar-refractivity contribution in [2.75, 3.05) is 6.61 Å². The second-order valence-electron chi connectivity index (χ2n) is 8.91. The number of carbonyl (C=O) groups is 1. The Balaban J connectivity index is 1.58. The Morgan fingerprint density at radius 1 is 1.10 bits per heavy atom. The second-order valence-corrected chi connectivity index (χ2v) is 12.0. The van der Waals surface area contributed by atoms with E-state index in [4.69, 9.17) is 21.1 Å². The summed E-state index contributed by atoms with van der Waals surface area (Å²) in [5.74, 6) is 0.137. The zero-order valence-corrected chi connectivity index (χ0v) is 26.2. The highest BCUT2D eigenvalue weighted by molar-refractivity contribution is 9.11. The van der Waals surface area contributed by atoms with E-state index in [-0.39, 0.29) is 12.2 Å². The summed E-state index contributed by atoms with van der Waals surface area (Å²) in [6, 6.07) is 20.1. The van der Waals surface area contributed by atoms with Crippen LogP contribution >= 0.6 is 54.8 Å². The largest absolute Gasteiger partial charge is 0.487 e. The van der Waals surface area contributed by atoms with Crippen molar-refractivity contribution >= 4 is 66.8 Å². The average Bonchev–Trinajstić information content (AvgIpc) is 3.22. The molecule has 5 rings (SSSR count). The van der Waals surface area contributed by atoms with Gasteiger partial charge in [-0.3, -0.25) is 9.36 Å². The number of ether oxygens (including phenoxy) is 2. The van der Waals surface area contributed by atoms with Crippen LogP contribution in [0.1, 0.15) is 36.6 Å². The molecule has 0 spiro atoms. The summed E-state index contributed by atoms with van der Waals surface area (Å²) >= 11 is 15.0. The van der Waals surface area contributed by atoms with Crippen molar-refractivity contribution in [2.45, 2.75) is 26.5 Å². The molecule has 0 amide bonds. The fraction of sp³-hybridized carbons (Fsp3) is 0.167. The van der Waals surface area contributed by atoms with Gasteiger partial charge in [-0.25, -0.2) is 9.79 Å². The molecule has 204 valence electrons. The van der Waals surface area contributed by atoms with Crippen LogP contribution in [-0.2, 0) is 16.1 Å². The van der Waals surface area contributed by atoms with Gasteiger partial charge in [0.1, 0.15) is 18.4 Å². The van der Waals surface area contributed by atoms with Crippen molar-refractivity contribution in [2.24, 2.45) is 4.99 Å². The molecule has 0 fully saturated rings. The number of esters is 1. The Morgan fingerprint density at radius 3 is 2.45 bits per heavy atom. The molecule has 0 saturated carbocycles. The van der Waals surface area contributed by atoms with Crippen molar-refractivity contribution in [3.63, 3.8) is 0 Å². The number of fused-ring (bicyclic) bond motifs is 1. The quantitative estimate of drug-likeness (QED) is 0.205. The molecule has 0 aliphatic carbocycles. The smallest absolute Gasteiger partial charge is 0.338 e. The lowest BCUT2D eigenvalue weighted by Crippen LogP contribution is -2.40. The summed E-state index contributed by atoms with van der Waals surface area (Å²) in [4.78, 5) is 32.0. The fourth-order valence-electron chi connectivity index (χ4n) is 4.46. The first-order valence-electron chi connectivity index (χ1n) is 12.4. The standard InChI is InChI=1S/C30H23Br2ClN2O4S/c1-3-38-29(37)25-17(2)34-30-35(26(25)20-11-7-8-12-23(20)33)28(36)24(40-30)15-19-13-21(31)27(22(32)14-19)39-16-18-9-5-4-6-10-18/h4-15,26H,3,16H2,1-2H3/b24-15-/t26-/m1/s1. The number of carbonyl (C=O) groups excluding carboxylic acids is 1. The highest BCUT2D eigenvalue weighted by atomic mass is 79.9. The number of rotatable bonds is 7. The third-order valence-corrected chi connectivity index (χ3v) is 8.77. The number of allylic oxidation sites excluding steroid dienone is 1. The minimum Gasteiger partial charge on any atom is -0.487 e. The van der Waals surface area contributed by atoms with Crippen LogP contribution in [0.4, 0.5) is 0 Å². The van der Waals surface area contributed by atoms with Crippen LogP contribution in [-0.4, -0.2) is 17.1 Å². The van der Waals surface area contributed by atoms with Gasteiger partial charge in [0.05, 0.1) is 31.4 Å². The Labute approximate surface area is 256 Å². The Hall–Kier alpha value is -2.98. The number of thiazole rings is 1. The molecule has 4 aromatic rings. The number of halogens is 3. The van der Waals surface area contributed by atoms with Gasteiger partial charge in [-0.15, -0.1) is 0 Å². The zero-order valence-electron chi connectivity index (χ0n) is 21.5. The maximum absolute atomic E-state index is 13.9. The predicted octanol–water partition coefficient (Wildman–Crippen LogP) is 6.56. The molecule has 0 saturated heterocycles. The van der Waals surface area contributed by atoms with Gasteiger partial charge >= 0.3 is 5.97 Å². The molecule has 1 aromatic heterocycles. The van der Waals surface area contributed by atoms with Crippen LogP contribution in [0.25, 0.3) is 6.08 Å². The molecule has 3 aromatic carbocycles. The topological polar surface area (TPSA) is 69.9 Å². The molecule has 6 nitrogen and oxygen atoms in total. The monoisotopic (exact) mass is 700 g/mol. The van der Waals surface area contributed by atoms with Crippen LogP contribution in [0.2, 0.25) is 5.02 Å². The van der Waals surface area contributed by atoms with Crippen LogP contribution in [0.3, 0.4) is 0 Å². The lowest BCUT2D eigenvalue weighted by Gasteiger charge is -2.25. The van der Waals surface area contributed by atoms with E-state index in [0.29, 0.717) is 43.5 Å². The van der Waals surface area contributed by atoms with Gasteiger partial charge < -0.3 is 9.47 Å². The lowest BCUT2D eigenvalue weighted by molar-refractivity contribution is -0.139. The lowest BCUT2D eigenvalue weighted by atomic mass is 9.96. The molecule has 0 bridgehead atoms. The molecule has 1 aliphatic heterocycles. The van der Waals surface area contributed by atoms with Crippen molar-refractivity contribution in [1.82, 2.24) is 4.57 Å². The van der Waals surface area contributed by atoms with Gasteiger partial charge in [0.15, 0.2) is 4.80 Å². The normalized spacial score (nSPS) is 15.0. The van der Waals surface area contributed by atoms with Crippen molar-refractivity contribution in [3.05, 3.63) is 128 Å². The molecule has 2 heterocycles. The summed E-state index contributed by atoms with van der Waals surface area (Å²) < 4.78 is 14.9. The van der Waals surface area contributed by atoms with Crippen LogP contribution < -0.4 is 19.6 Å². The molecule has 40 heavy (non-hydrogen) atoms. The van der Waals surface area contributed by atoms with E-state index in [1.165, 1.54) is 15.9 Å². The van der Waals surface area contributed by atoms with Crippen LogP contribution in [0.15, 0.2) is 96.7 Å². The summed E-state index contributed by atoms with van der Waals surface area (Å²) in [6.07, 6.45) is 1.80. The molecular formula is C30H23Br2ClN2O4S. The van der Waals surface area contributed by atoms with Gasteiger partial charge in [-0.1, -0.05) is 71.5 Å². The molecular weight excluding hydrogens is 680 g/mol. The highest BCUT2D eigenvalue weighted by Crippen LogP contribution is 2.36. The first-order chi connectivity index (χ1) is 19.3. The maximum atomic E-state index is 13.9. The van der Waals surface area contributed by atoms with Crippen LogP contribution in [0, 0.1) is 0 Å². The average molecular weight is 703 g/mol. The van der Waals surface area contributed by atoms with Gasteiger partial charge in [0.2, 0.25) is 0 Å². The number of hydrogen-bond donors (Lipinski definition) is 0. The SMILES string of the molecule is CCOC(=O)C1=C(C)N=c2s/c(=C\c3cc(Br)c(OCc4ccccc4)c(Br)c3)c(=O)n2[C@@H]1c1ccccc1Cl. The number of nitrogens with zero attached hydrogens (tertiary/aromatic N) is 2. The number of aromatic nitrogens is 1. The summed E-state index contributed by atoms with van der Waals surface area (Å²) in [6.45, 7) is 4.10. The van der Waals surface area contributed by atoms with E-state index in [2.05, 4.69) is 36.9 Å². The molecule has 1 atom stereocenters. The minimum absolute atomic E-state index is 0.199. The minimum atomic E-state index is -0.765. The van der Waals surface area contributed by atoms with Gasteiger partial charge in [0, 0.05) is 5.02 Å². The third-order valence-electron chi connectivity index (χ3n) is 6.26. The summed E-state index contributed by atoms with van der Waals surface area (Å²) in [7, 11) is 0. The Morgan fingerprint density at radius 2 is 1.77 bits per heavy atom. The van der Waals surface area contributed by atoms with Crippen molar-refractivity contribution in [3.8, 4) is 5.75 Å². The zero-order chi connectivity index (χ0) is 28.4. The fourth-order valence-corrected chi connectivity index (χ4v) is 7.20. The van der Waals surface area contributed by atoms with E-state index in [1.54, 1.807) is 32.1 Å². The molecule has 0 unspecified atom stereocenters. The van der Waals surface area contributed by atoms with E-state index < -0.39 is 12.0 Å². The first-order valence-corrected chi connectivity index (χ1v) is 15.2. The predicted molar refractivity (Wildman–Crippen MR) is 164 cm³/mol. The summed E-state index contributed by atoms with van der Waals surface area (Å²) in [5.41, 5.74) is 2.96. The Kier molecular flexibility index (Phi) is 8.75. The molecule has 0 N–H and O–H groups in total. The molecule has 0 radical (unpaired) electrons. The molecule has 1 aliphatic rings. The third kappa shape index (κ3) is 5.74. The first kappa shape index (κ1) is 28.5. The van der Waals surface area contributed by atoms with Gasteiger partial charge in [-0.05, 0) is 86.7 Å². The van der Waals surface area contributed by atoms with E-state index in [0.717, 1.165) is 20.1 Å². The van der Waals surface area contributed by atoms with E-state index in [9.17, 15) is 9.59 Å². The molecule has 10 heteroatoms. The van der Waals surface area contributed by atoms with Gasteiger partial charge in [0.25, 0.3) is 5.56 Å². The second kappa shape index (κ2) is 12.3. The van der Waals surface area contributed by atoms with Crippen LogP contribution in [0.5, 0.6) is 5.75 Å². The maximum Gasteiger partial charge on any atom is 0.338 e.